The average molecular weight is 350 g/mol. The van der Waals surface area contributed by atoms with Crippen molar-refractivity contribution < 1.29 is 0 Å². The average Bonchev–Trinajstić information content (AvgIpc) is 2.35. The first-order valence-electron chi connectivity index (χ1n) is 7.97. The van der Waals surface area contributed by atoms with E-state index in [1.807, 2.05) is 0 Å². The summed E-state index contributed by atoms with van der Waals surface area (Å²) in [5, 5.41) is 0. The molecule has 1 aliphatic carbocycles. The molecule has 1 saturated carbocycles. The Morgan fingerprint density at radius 2 is 1.29 bits per heavy atom. The molecule has 0 saturated heterocycles. The van der Waals surface area contributed by atoms with Gasteiger partial charge in [0.1, 0.15) is 0 Å². The molecule has 0 heterocycles. The smallest absolute Gasteiger partial charge is 0.0110 e. The number of rotatable bonds is 9. The van der Waals surface area contributed by atoms with Gasteiger partial charge in [0.2, 0.25) is 0 Å². The van der Waals surface area contributed by atoms with Crippen LogP contribution in [0.1, 0.15) is 90.4 Å². The van der Waals surface area contributed by atoms with Crippen LogP contribution < -0.4 is 0 Å². The van der Waals surface area contributed by atoms with E-state index in [4.69, 9.17) is 0 Å². The minimum atomic E-state index is 0.988. The number of unbranched alkanes of at least 4 members (excludes halogenated alkanes) is 7. The van der Waals surface area contributed by atoms with Crippen molar-refractivity contribution in [3.05, 3.63) is 0 Å². The molecule has 1 rings (SSSR count). The largest absolute Gasteiger partial charge is 0.0826 e. The molecule has 0 nitrogen and oxygen atoms in total. The van der Waals surface area contributed by atoms with Crippen molar-refractivity contribution >= 4 is 22.6 Å². The number of halogens is 1. The maximum absolute atomic E-state index is 2.63. The maximum atomic E-state index is 2.63. The summed E-state index contributed by atoms with van der Waals surface area (Å²) >= 11 is 2.63. The SMILES string of the molecule is CCCCCCCCCCC1CCC(I)CC1. The topological polar surface area (TPSA) is 0 Å². The molecule has 0 atom stereocenters. The second-order valence-corrected chi connectivity index (χ2v) is 7.64. The lowest BCUT2D eigenvalue weighted by molar-refractivity contribution is 0.338. The van der Waals surface area contributed by atoms with Gasteiger partial charge in [0.15, 0.2) is 0 Å². The van der Waals surface area contributed by atoms with Gasteiger partial charge in [-0.05, 0) is 31.6 Å². The van der Waals surface area contributed by atoms with Gasteiger partial charge in [0.05, 0.1) is 0 Å². The zero-order valence-corrected chi connectivity index (χ0v) is 13.9. The summed E-state index contributed by atoms with van der Waals surface area (Å²) in [5.41, 5.74) is 0. The molecule has 0 amide bonds. The van der Waals surface area contributed by atoms with Crippen molar-refractivity contribution in [2.75, 3.05) is 0 Å². The molecule has 102 valence electrons. The Hall–Kier alpha value is 0.730. The molecular formula is C16H31I. The van der Waals surface area contributed by atoms with Crippen LogP contribution in [0.2, 0.25) is 0 Å². The summed E-state index contributed by atoms with van der Waals surface area (Å²) in [6.45, 7) is 2.30. The van der Waals surface area contributed by atoms with Gasteiger partial charge in [-0.3, -0.25) is 0 Å². The first-order chi connectivity index (χ1) is 8.33. The Morgan fingerprint density at radius 3 is 1.88 bits per heavy atom. The lowest BCUT2D eigenvalue weighted by atomic mass is 9.85. The second kappa shape index (κ2) is 10.6. The standard InChI is InChI=1S/C16H31I/c1-2-3-4-5-6-7-8-9-10-15-11-13-16(17)14-12-15/h15-16H,2-14H2,1H3. The summed E-state index contributed by atoms with van der Waals surface area (Å²) < 4.78 is 0.988. The fourth-order valence-electron chi connectivity index (χ4n) is 2.98. The fourth-order valence-corrected chi connectivity index (χ4v) is 3.70. The van der Waals surface area contributed by atoms with E-state index in [0.29, 0.717) is 0 Å². The van der Waals surface area contributed by atoms with Crippen LogP contribution in [0.3, 0.4) is 0 Å². The summed E-state index contributed by atoms with van der Waals surface area (Å²) in [5.74, 6) is 1.08. The molecule has 0 aliphatic heterocycles. The summed E-state index contributed by atoms with van der Waals surface area (Å²) in [6.07, 6.45) is 19.3. The number of hydrogen-bond donors (Lipinski definition) is 0. The molecular weight excluding hydrogens is 319 g/mol. The molecule has 1 aliphatic rings. The van der Waals surface area contributed by atoms with Crippen LogP contribution >= 0.6 is 22.6 Å². The van der Waals surface area contributed by atoms with Crippen LogP contribution in [0.5, 0.6) is 0 Å². The molecule has 1 heteroatoms. The highest BCUT2D eigenvalue weighted by atomic mass is 127. The summed E-state index contributed by atoms with van der Waals surface area (Å²) in [6, 6.07) is 0. The zero-order valence-electron chi connectivity index (χ0n) is 11.7. The minimum Gasteiger partial charge on any atom is -0.0826 e. The molecule has 0 aromatic heterocycles. The van der Waals surface area contributed by atoms with E-state index in [0.717, 1.165) is 9.84 Å². The molecule has 0 aromatic rings. The van der Waals surface area contributed by atoms with Gasteiger partial charge in [-0.15, -0.1) is 0 Å². The van der Waals surface area contributed by atoms with Gasteiger partial charge in [-0.2, -0.15) is 0 Å². The lowest BCUT2D eigenvalue weighted by Crippen LogP contribution is -2.13. The van der Waals surface area contributed by atoms with Crippen molar-refractivity contribution in [1.82, 2.24) is 0 Å². The lowest BCUT2D eigenvalue weighted by Gasteiger charge is -2.25. The molecule has 0 radical (unpaired) electrons. The van der Waals surface area contributed by atoms with E-state index in [2.05, 4.69) is 29.5 Å². The van der Waals surface area contributed by atoms with Gasteiger partial charge >= 0.3 is 0 Å². The second-order valence-electron chi connectivity index (χ2n) is 5.88. The summed E-state index contributed by atoms with van der Waals surface area (Å²) in [7, 11) is 0. The van der Waals surface area contributed by atoms with Gasteiger partial charge < -0.3 is 0 Å². The van der Waals surface area contributed by atoms with Gasteiger partial charge in [0, 0.05) is 3.92 Å². The Kier molecular flexibility index (Phi) is 9.87. The van der Waals surface area contributed by atoms with E-state index in [-0.39, 0.29) is 0 Å². The predicted molar refractivity (Wildman–Crippen MR) is 87.0 cm³/mol. The van der Waals surface area contributed by atoms with E-state index in [9.17, 15) is 0 Å². The minimum absolute atomic E-state index is 0.988. The van der Waals surface area contributed by atoms with Crippen LogP contribution in [-0.2, 0) is 0 Å². The third-order valence-electron chi connectivity index (χ3n) is 4.24. The molecule has 1 fully saturated rings. The van der Waals surface area contributed by atoms with Gasteiger partial charge in [0.25, 0.3) is 0 Å². The van der Waals surface area contributed by atoms with Crippen LogP contribution in [0.25, 0.3) is 0 Å². The predicted octanol–water partition coefficient (Wildman–Crippen LogP) is 6.51. The van der Waals surface area contributed by atoms with E-state index in [1.54, 1.807) is 0 Å². The highest BCUT2D eigenvalue weighted by Gasteiger charge is 2.18. The van der Waals surface area contributed by atoms with Crippen molar-refractivity contribution in [2.45, 2.75) is 94.3 Å². The Labute approximate surface area is 122 Å². The molecule has 0 unspecified atom stereocenters. The normalized spacial score (nSPS) is 25.1. The number of hydrogen-bond acceptors (Lipinski definition) is 0. The highest BCUT2D eigenvalue weighted by molar-refractivity contribution is 14.1. The van der Waals surface area contributed by atoms with Crippen LogP contribution in [0, 0.1) is 5.92 Å². The van der Waals surface area contributed by atoms with Crippen molar-refractivity contribution in [3.63, 3.8) is 0 Å². The van der Waals surface area contributed by atoms with E-state index in [1.165, 1.54) is 83.5 Å². The van der Waals surface area contributed by atoms with Gasteiger partial charge in [-0.25, -0.2) is 0 Å². The fraction of sp³-hybridized carbons (Fsp3) is 1.00. The molecule has 17 heavy (non-hydrogen) atoms. The first-order valence-corrected chi connectivity index (χ1v) is 9.21. The van der Waals surface area contributed by atoms with Crippen molar-refractivity contribution in [3.8, 4) is 0 Å². The van der Waals surface area contributed by atoms with E-state index < -0.39 is 0 Å². The molecule has 0 aromatic carbocycles. The molecule has 0 N–H and O–H groups in total. The third-order valence-corrected chi connectivity index (χ3v) is 5.49. The monoisotopic (exact) mass is 350 g/mol. The first kappa shape index (κ1) is 15.8. The molecule has 0 spiro atoms. The van der Waals surface area contributed by atoms with E-state index >= 15 is 0 Å². The van der Waals surface area contributed by atoms with Crippen molar-refractivity contribution in [2.24, 2.45) is 5.92 Å². The Bertz CT molecular complexity index is 159. The maximum Gasteiger partial charge on any atom is 0.0110 e. The molecule has 0 bridgehead atoms. The van der Waals surface area contributed by atoms with Crippen LogP contribution in [0.4, 0.5) is 0 Å². The van der Waals surface area contributed by atoms with Gasteiger partial charge in [-0.1, -0.05) is 87.3 Å². The van der Waals surface area contributed by atoms with Crippen molar-refractivity contribution in [1.29, 1.82) is 0 Å². The number of alkyl halides is 1. The third kappa shape index (κ3) is 8.45. The highest BCUT2D eigenvalue weighted by Crippen LogP contribution is 2.32. The zero-order chi connectivity index (χ0) is 12.3. The Balaban J connectivity index is 1.81. The Morgan fingerprint density at radius 1 is 0.765 bits per heavy atom. The summed E-state index contributed by atoms with van der Waals surface area (Å²) in [4.78, 5) is 0. The quantitative estimate of drug-likeness (QED) is 0.253. The van der Waals surface area contributed by atoms with Crippen LogP contribution in [-0.4, -0.2) is 3.92 Å². The van der Waals surface area contributed by atoms with Crippen LogP contribution in [0.15, 0.2) is 0 Å².